The zero-order valence-corrected chi connectivity index (χ0v) is 11.6. The fourth-order valence-electron chi connectivity index (χ4n) is 2.28. The molecule has 0 radical (unpaired) electrons. The lowest BCUT2D eigenvalue weighted by molar-refractivity contribution is 0.175. The molecule has 2 aromatic rings. The van der Waals surface area contributed by atoms with Crippen LogP contribution in [0.5, 0.6) is 0 Å². The number of hydrogen-bond donors (Lipinski definition) is 2. The highest BCUT2D eigenvalue weighted by Gasteiger charge is 2.06. The first-order valence-electron chi connectivity index (χ1n) is 6.67. The van der Waals surface area contributed by atoms with E-state index in [1.54, 1.807) is 7.11 Å². The summed E-state index contributed by atoms with van der Waals surface area (Å²) >= 11 is 0. The van der Waals surface area contributed by atoms with Gasteiger partial charge in [-0.05, 0) is 24.6 Å². The molecule has 0 spiro atoms. The monoisotopic (exact) mass is 262 g/mol. The predicted molar refractivity (Wildman–Crippen MR) is 77.2 cm³/mol. The Morgan fingerprint density at radius 2 is 2.21 bits per heavy atom. The van der Waals surface area contributed by atoms with Gasteiger partial charge in [0.05, 0.1) is 12.7 Å². The van der Waals surface area contributed by atoms with Gasteiger partial charge in [-0.3, -0.25) is 0 Å². The molecule has 4 nitrogen and oxygen atoms in total. The Morgan fingerprint density at radius 1 is 1.37 bits per heavy atom. The molecule has 1 aromatic heterocycles. The van der Waals surface area contributed by atoms with E-state index in [9.17, 15) is 5.11 Å². The second-order valence-electron chi connectivity index (χ2n) is 4.84. The minimum Gasteiger partial charge on any atom is -0.392 e. The van der Waals surface area contributed by atoms with Crippen LogP contribution < -0.4 is 5.32 Å². The number of methoxy groups -OCH3 is 1. The minimum absolute atomic E-state index is 0.334. The first-order valence-corrected chi connectivity index (χ1v) is 6.67. The molecule has 0 aliphatic rings. The zero-order chi connectivity index (χ0) is 13.7. The van der Waals surface area contributed by atoms with Gasteiger partial charge in [0.1, 0.15) is 0 Å². The number of aliphatic hydroxyl groups excluding tert-OH is 1. The average Bonchev–Trinajstić information content (AvgIpc) is 2.78. The number of nitrogens with one attached hydrogen (secondary N) is 1. The van der Waals surface area contributed by atoms with E-state index in [1.165, 1.54) is 16.5 Å². The lowest BCUT2D eigenvalue weighted by Crippen LogP contribution is -2.18. The highest BCUT2D eigenvalue weighted by atomic mass is 16.5. The third-order valence-corrected chi connectivity index (χ3v) is 3.16. The van der Waals surface area contributed by atoms with E-state index in [0.29, 0.717) is 6.54 Å². The van der Waals surface area contributed by atoms with E-state index in [1.807, 2.05) is 13.1 Å². The van der Waals surface area contributed by atoms with Crippen molar-refractivity contribution < 1.29 is 9.84 Å². The molecule has 1 unspecified atom stereocenters. The number of benzene rings is 1. The Balaban J connectivity index is 2.14. The highest BCUT2D eigenvalue weighted by Crippen LogP contribution is 2.20. The molecule has 0 saturated carbocycles. The van der Waals surface area contributed by atoms with Crippen LogP contribution in [0.3, 0.4) is 0 Å². The minimum atomic E-state index is -0.334. The Hall–Kier alpha value is -1.36. The van der Waals surface area contributed by atoms with E-state index in [-0.39, 0.29) is 6.10 Å². The van der Waals surface area contributed by atoms with Crippen molar-refractivity contribution in [1.29, 1.82) is 0 Å². The third kappa shape index (κ3) is 3.56. The molecule has 104 valence electrons. The second-order valence-corrected chi connectivity index (χ2v) is 4.84. The van der Waals surface area contributed by atoms with Crippen molar-refractivity contribution in [3.05, 3.63) is 36.0 Å². The number of aliphatic hydroxyl groups is 1. The molecule has 0 aliphatic carbocycles. The number of rotatable bonds is 7. The van der Waals surface area contributed by atoms with Gasteiger partial charge in [0, 0.05) is 43.8 Å². The Kier molecular flexibility index (Phi) is 4.96. The summed E-state index contributed by atoms with van der Waals surface area (Å²) in [5.74, 6) is 0. The Labute approximate surface area is 114 Å². The molecular weight excluding hydrogens is 240 g/mol. The number of nitrogens with zero attached hydrogens (tertiary/aromatic N) is 1. The number of hydrogen-bond acceptors (Lipinski definition) is 3. The van der Waals surface area contributed by atoms with Crippen LogP contribution in [0.25, 0.3) is 10.9 Å². The van der Waals surface area contributed by atoms with Gasteiger partial charge in [-0.15, -0.1) is 0 Å². The van der Waals surface area contributed by atoms with Crippen molar-refractivity contribution in [2.24, 2.45) is 0 Å². The normalized spacial score (nSPS) is 13.0. The van der Waals surface area contributed by atoms with E-state index in [0.717, 1.165) is 19.7 Å². The van der Waals surface area contributed by atoms with Gasteiger partial charge in [0.15, 0.2) is 0 Å². The SMILES string of the molecule is COCCNCc1cccc2c1ccn2CC(C)O. The molecule has 0 bridgehead atoms. The Bertz CT molecular complexity index is 520. The van der Waals surface area contributed by atoms with E-state index in [4.69, 9.17) is 4.74 Å². The summed E-state index contributed by atoms with van der Waals surface area (Å²) in [6, 6.07) is 8.41. The fourth-order valence-corrected chi connectivity index (χ4v) is 2.28. The van der Waals surface area contributed by atoms with Crippen LogP contribution in [0, 0.1) is 0 Å². The average molecular weight is 262 g/mol. The van der Waals surface area contributed by atoms with Crippen molar-refractivity contribution in [3.8, 4) is 0 Å². The van der Waals surface area contributed by atoms with Crippen molar-refractivity contribution in [1.82, 2.24) is 9.88 Å². The summed E-state index contributed by atoms with van der Waals surface area (Å²) in [6.07, 6.45) is 1.70. The first kappa shape index (κ1) is 14.1. The summed E-state index contributed by atoms with van der Waals surface area (Å²) in [5, 5.41) is 14.1. The number of aromatic nitrogens is 1. The maximum atomic E-state index is 9.51. The second kappa shape index (κ2) is 6.70. The summed E-state index contributed by atoms with van der Waals surface area (Å²) in [4.78, 5) is 0. The van der Waals surface area contributed by atoms with Crippen molar-refractivity contribution >= 4 is 10.9 Å². The maximum absolute atomic E-state index is 9.51. The molecule has 4 heteroatoms. The Morgan fingerprint density at radius 3 is 2.95 bits per heavy atom. The van der Waals surface area contributed by atoms with Crippen molar-refractivity contribution in [2.75, 3.05) is 20.3 Å². The van der Waals surface area contributed by atoms with E-state index >= 15 is 0 Å². The summed E-state index contributed by atoms with van der Waals surface area (Å²) in [6.45, 7) is 4.84. The largest absolute Gasteiger partial charge is 0.392 e. The lowest BCUT2D eigenvalue weighted by Gasteiger charge is -2.09. The zero-order valence-electron chi connectivity index (χ0n) is 11.6. The molecule has 0 aliphatic heterocycles. The van der Waals surface area contributed by atoms with E-state index in [2.05, 4.69) is 34.1 Å². The quantitative estimate of drug-likeness (QED) is 0.747. The van der Waals surface area contributed by atoms with Crippen LogP contribution in [0.1, 0.15) is 12.5 Å². The molecule has 0 amide bonds. The van der Waals surface area contributed by atoms with Crippen LogP contribution in [0.4, 0.5) is 0 Å². The molecule has 1 aromatic carbocycles. The van der Waals surface area contributed by atoms with Crippen LogP contribution in [-0.2, 0) is 17.8 Å². The van der Waals surface area contributed by atoms with Crippen LogP contribution >= 0.6 is 0 Å². The van der Waals surface area contributed by atoms with Crippen LogP contribution in [0.15, 0.2) is 30.5 Å². The van der Waals surface area contributed by atoms with Crippen LogP contribution in [-0.4, -0.2) is 36.0 Å². The fraction of sp³-hybridized carbons (Fsp3) is 0.467. The van der Waals surface area contributed by atoms with Gasteiger partial charge in [0.2, 0.25) is 0 Å². The summed E-state index contributed by atoms with van der Waals surface area (Å²) in [5.41, 5.74) is 2.45. The van der Waals surface area contributed by atoms with Gasteiger partial charge in [-0.25, -0.2) is 0 Å². The molecule has 0 fully saturated rings. The molecule has 1 heterocycles. The smallest absolute Gasteiger partial charge is 0.0691 e. The lowest BCUT2D eigenvalue weighted by atomic mass is 10.1. The number of fused-ring (bicyclic) bond motifs is 1. The molecule has 0 saturated heterocycles. The molecule has 19 heavy (non-hydrogen) atoms. The van der Waals surface area contributed by atoms with Crippen molar-refractivity contribution in [3.63, 3.8) is 0 Å². The predicted octanol–water partition coefficient (Wildman–Crippen LogP) is 1.76. The maximum Gasteiger partial charge on any atom is 0.0691 e. The van der Waals surface area contributed by atoms with Crippen LogP contribution in [0.2, 0.25) is 0 Å². The van der Waals surface area contributed by atoms with Crippen molar-refractivity contribution in [2.45, 2.75) is 26.1 Å². The van der Waals surface area contributed by atoms with Gasteiger partial charge < -0.3 is 19.7 Å². The molecule has 1 atom stereocenters. The standard InChI is InChI=1S/C15H22N2O2/c1-12(18)11-17-8-6-14-13(4-3-5-15(14)17)10-16-7-9-19-2/h3-6,8,12,16,18H,7,9-11H2,1-2H3. The van der Waals surface area contributed by atoms with Gasteiger partial charge in [0.25, 0.3) is 0 Å². The topological polar surface area (TPSA) is 46.4 Å². The number of ether oxygens (including phenoxy) is 1. The third-order valence-electron chi connectivity index (χ3n) is 3.16. The summed E-state index contributed by atoms with van der Waals surface area (Å²) < 4.78 is 7.12. The van der Waals surface area contributed by atoms with Gasteiger partial charge in [-0.1, -0.05) is 12.1 Å². The molecule has 2 N–H and O–H groups in total. The summed E-state index contributed by atoms with van der Waals surface area (Å²) in [7, 11) is 1.71. The van der Waals surface area contributed by atoms with Gasteiger partial charge >= 0.3 is 0 Å². The van der Waals surface area contributed by atoms with E-state index < -0.39 is 0 Å². The first-order chi connectivity index (χ1) is 9.22. The molecular formula is C15H22N2O2. The van der Waals surface area contributed by atoms with Gasteiger partial charge in [-0.2, -0.15) is 0 Å². The molecule has 2 rings (SSSR count). The highest BCUT2D eigenvalue weighted by molar-refractivity contribution is 5.83.